The number of amides is 1. The quantitative estimate of drug-likeness (QED) is 0.786. The van der Waals surface area contributed by atoms with Crippen LogP contribution in [0.25, 0.3) is 11.3 Å². The van der Waals surface area contributed by atoms with Crippen molar-refractivity contribution >= 4 is 11.9 Å². The summed E-state index contributed by atoms with van der Waals surface area (Å²) in [6.45, 7) is 2.91. The zero-order valence-electron chi connectivity index (χ0n) is 13.6. The molecule has 1 aromatic heterocycles. The summed E-state index contributed by atoms with van der Waals surface area (Å²) >= 11 is 0. The first kappa shape index (κ1) is 16.8. The van der Waals surface area contributed by atoms with Gasteiger partial charge in [0, 0.05) is 30.4 Å². The highest BCUT2D eigenvalue weighted by molar-refractivity contribution is 5.94. The average molecular weight is 338 g/mol. The molecule has 0 saturated carbocycles. The molecule has 8 heteroatoms. The van der Waals surface area contributed by atoms with E-state index in [1.807, 2.05) is 29.3 Å². The number of aromatic nitrogens is 2. The number of nitriles is 1. The largest absolute Gasteiger partial charge is 0.379 e. The molecular formula is C17H18N6O2. The van der Waals surface area contributed by atoms with E-state index in [9.17, 15) is 4.79 Å². The molecule has 1 aliphatic heterocycles. The SMILES string of the molecule is N#CCNC(=O)c1ccc(-c2ccnc(NN3CCOCC3)n2)cc1. The van der Waals surface area contributed by atoms with Crippen LogP contribution in [0, 0.1) is 11.3 Å². The van der Waals surface area contributed by atoms with Crippen molar-refractivity contribution in [2.45, 2.75) is 0 Å². The molecule has 2 N–H and O–H groups in total. The minimum absolute atomic E-state index is 0.0108. The predicted molar refractivity (Wildman–Crippen MR) is 91.4 cm³/mol. The molecule has 25 heavy (non-hydrogen) atoms. The first-order valence-corrected chi connectivity index (χ1v) is 7.94. The summed E-state index contributed by atoms with van der Waals surface area (Å²) in [6, 6.07) is 10.8. The van der Waals surface area contributed by atoms with E-state index in [-0.39, 0.29) is 12.5 Å². The van der Waals surface area contributed by atoms with Crippen molar-refractivity contribution in [3.63, 3.8) is 0 Å². The van der Waals surface area contributed by atoms with Crippen molar-refractivity contribution in [3.05, 3.63) is 42.1 Å². The molecule has 0 radical (unpaired) electrons. The highest BCUT2D eigenvalue weighted by Crippen LogP contribution is 2.18. The molecule has 3 rings (SSSR count). The van der Waals surface area contributed by atoms with Crippen LogP contribution in [-0.4, -0.2) is 53.7 Å². The predicted octanol–water partition coefficient (Wildman–Crippen LogP) is 1.06. The van der Waals surface area contributed by atoms with Gasteiger partial charge < -0.3 is 10.1 Å². The molecule has 0 unspecified atom stereocenters. The van der Waals surface area contributed by atoms with Crippen molar-refractivity contribution in [3.8, 4) is 17.3 Å². The Balaban J connectivity index is 1.70. The Morgan fingerprint density at radius 3 is 2.72 bits per heavy atom. The molecule has 1 aliphatic rings. The number of ether oxygens (including phenoxy) is 1. The molecule has 0 spiro atoms. The second kappa shape index (κ2) is 8.19. The van der Waals surface area contributed by atoms with E-state index in [1.54, 1.807) is 18.3 Å². The summed E-state index contributed by atoms with van der Waals surface area (Å²) in [5.41, 5.74) is 5.32. The van der Waals surface area contributed by atoms with Crippen molar-refractivity contribution < 1.29 is 9.53 Å². The van der Waals surface area contributed by atoms with E-state index in [2.05, 4.69) is 20.7 Å². The van der Waals surface area contributed by atoms with Crippen molar-refractivity contribution in [1.82, 2.24) is 20.3 Å². The molecule has 0 aliphatic carbocycles. The Labute approximate surface area is 145 Å². The van der Waals surface area contributed by atoms with Gasteiger partial charge in [-0.15, -0.1) is 0 Å². The number of rotatable bonds is 5. The van der Waals surface area contributed by atoms with Gasteiger partial charge in [0.2, 0.25) is 5.95 Å². The summed E-state index contributed by atoms with van der Waals surface area (Å²) < 4.78 is 5.31. The van der Waals surface area contributed by atoms with Crippen LogP contribution in [0.5, 0.6) is 0 Å². The summed E-state index contributed by atoms with van der Waals surface area (Å²) in [7, 11) is 0. The second-order valence-corrected chi connectivity index (χ2v) is 5.39. The van der Waals surface area contributed by atoms with Gasteiger partial charge in [0.1, 0.15) is 6.54 Å². The highest BCUT2D eigenvalue weighted by Gasteiger charge is 2.12. The Kier molecular flexibility index (Phi) is 5.51. The molecule has 1 fully saturated rings. The number of nitrogens with one attached hydrogen (secondary N) is 2. The average Bonchev–Trinajstić information content (AvgIpc) is 2.67. The number of hydrogen-bond donors (Lipinski definition) is 2. The maximum absolute atomic E-state index is 11.8. The van der Waals surface area contributed by atoms with Crippen LogP contribution < -0.4 is 10.7 Å². The topological polar surface area (TPSA) is 103 Å². The van der Waals surface area contributed by atoms with Gasteiger partial charge in [0.25, 0.3) is 5.91 Å². The first-order chi connectivity index (χ1) is 12.3. The number of hydrogen-bond acceptors (Lipinski definition) is 7. The monoisotopic (exact) mass is 338 g/mol. The Morgan fingerprint density at radius 1 is 1.24 bits per heavy atom. The van der Waals surface area contributed by atoms with Crippen LogP contribution in [0.15, 0.2) is 36.5 Å². The number of hydrazine groups is 1. The van der Waals surface area contributed by atoms with E-state index in [1.165, 1.54) is 0 Å². The standard InChI is InChI=1S/C17H18N6O2/c18-6-8-19-16(24)14-3-1-13(2-4-14)15-5-7-20-17(21-15)22-23-9-11-25-12-10-23/h1-5,7H,8-12H2,(H,19,24)(H,20,21,22). The highest BCUT2D eigenvalue weighted by atomic mass is 16.5. The summed E-state index contributed by atoms with van der Waals surface area (Å²) in [4.78, 5) is 20.6. The molecule has 1 amide bonds. The number of nitrogens with zero attached hydrogens (tertiary/aromatic N) is 4. The van der Waals surface area contributed by atoms with Crippen LogP contribution in [0.2, 0.25) is 0 Å². The lowest BCUT2D eigenvalue weighted by atomic mass is 10.1. The smallest absolute Gasteiger partial charge is 0.252 e. The van der Waals surface area contributed by atoms with Gasteiger partial charge >= 0.3 is 0 Å². The molecule has 0 bridgehead atoms. The third kappa shape index (κ3) is 4.50. The molecule has 2 aromatic rings. The van der Waals surface area contributed by atoms with Crippen LogP contribution >= 0.6 is 0 Å². The maximum atomic E-state index is 11.8. The summed E-state index contributed by atoms with van der Waals surface area (Å²) in [5, 5.41) is 13.0. The minimum atomic E-state index is -0.273. The fourth-order valence-electron chi connectivity index (χ4n) is 2.40. The molecular weight excluding hydrogens is 320 g/mol. The lowest BCUT2D eigenvalue weighted by Gasteiger charge is -2.26. The molecule has 8 nitrogen and oxygen atoms in total. The number of benzene rings is 1. The zero-order valence-corrected chi connectivity index (χ0v) is 13.6. The van der Waals surface area contributed by atoms with Crippen molar-refractivity contribution in [1.29, 1.82) is 5.26 Å². The number of carbonyl (C=O) groups is 1. The third-order valence-electron chi connectivity index (χ3n) is 3.70. The zero-order chi connectivity index (χ0) is 17.5. The van der Waals surface area contributed by atoms with E-state index in [0.29, 0.717) is 24.7 Å². The number of carbonyl (C=O) groups excluding carboxylic acids is 1. The first-order valence-electron chi connectivity index (χ1n) is 7.94. The Bertz CT molecular complexity index is 765. The maximum Gasteiger partial charge on any atom is 0.252 e. The van der Waals surface area contributed by atoms with Crippen LogP contribution in [0.4, 0.5) is 5.95 Å². The molecule has 2 heterocycles. The lowest BCUT2D eigenvalue weighted by Crippen LogP contribution is -2.40. The van der Waals surface area contributed by atoms with E-state index in [4.69, 9.17) is 10.00 Å². The van der Waals surface area contributed by atoms with E-state index < -0.39 is 0 Å². The molecule has 0 atom stereocenters. The van der Waals surface area contributed by atoms with Crippen LogP contribution in [0.3, 0.4) is 0 Å². The molecule has 1 aromatic carbocycles. The fourth-order valence-corrected chi connectivity index (χ4v) is 2.40. The Morgan fingerprint density at radius 2 is 2.00 bits per heavy atom. The summed E-state index contributed by atoms with van der Waals surface area (Å²) in [6.07, 6.45) is 1.69. The van der Waals surface area contributed by atoms with E-state index >= 15 is 0 Å². The molecule has 1 saturated heterocycles. The van der Waals surface area contributed by atoms with Gasteiger partial charge in [0.15, 0.2) is 0 Å². The van der Waals surface area contributed by atoms with Gasteiger partial charge in [-0.3, -0.25) is 10.2 Å². The van der Waals surface area contributed by atoms with E-state index in [0.717, 1.165) is 24.3 Å². The normalized spacial score (nSPS) is 14.5. The van der Waals surface area contributed by atoms with Gasteiger partial charge in [0.05, 0.1) is 25.0 Å². The fraction of sp³-hybridized carbons (Fsp3) is 0.294. The third-order valence-corrected chi connectivity index (χ3v) is 3.70. The lowest BCUT2D eigenvalue weighted by molar-refractivity contribution is 0.0492. The van der Waals surface area contributed by atoms with Crippen molar-refractivity contribution in [2.75, 3.05) is 38.3 Å². The Hall–Kier alpha value is -3.02. The molecule has 128 valence electrons. The van der Waals surface area contributed by atoms with Crippen LogP contribution in [-0.2, 0) is 4.74 Å². The second-order valence-electron chi connectivity index (χ2n) is 5.39. The van der Waals surface area contributed by atoms with Crippen molar-refractivity contribution in [2.24, 2.45) is 0 Å². The summed E-state index contributed by atoms with van der Waals surface area (Å²) in [5.74, 6) is 0.251. The van der Waals surface area contributed by atoms with Gasteiger partial charge in [-0.1, -0.05) is 12.1 Å². The van der Waals surface area contributed by atoms with Gasteiger partial charge in [-0.05, 0) is 18.2 Å². The van der Waals surface area contributed by atoms with Gasteiger partial charge in [-0.25, -0.2) is 15.0 Å². The van der Waals surface area contributed by atoms with Gasteiger partial charge in [-0.2, -0.15) is 5.26 Å². The number of anilines is 1. The van der Waals surface area contributed by atoms with Crippen LogP contribution in [0.1, 0.15) is 10.4 Å². The minimum Gasteiger partial charge on any atom is -0.379 e. The number of morpholine rings is 1.